The van der Waals surface area contributed by atoms with Gasteiger partial charge >= 0.3 is 12.2 Å². The molecule has 0 bridgehead atoms. The van der Waals surface area contributed by atoms with Crippen molar-refractivity contribution in [1.29, 1.82) is 0 Å². The lowest BCUT2D eigenvalue weighted by atomic mass is 10.2. The van der Waals surface area contributed by atoms with Gasteiger partial charge in [0.15, 0.2) is 0 Å². The molecule has 1 heterocycles. The van der Waals surface area contributed by atoms with Crippen LogP contribution in [-0.2, 0) is 20.9 Å². The molecular formula is C16H21ClF3N3O4S. The molecule has 2 atom stereocenters. The standard InChI is InChI=1S/C16H21ClF3N3O4S/c1-10-8-23(9-11(2)27-10)28(25,26)6-5-21-15(24)22-12-3-4-14(17)13(7-12)16(18,19)20/h3-4,7,10-11H,5-6,8-9H2,1-2H3,(H2,21,22,24)/t10-,11-/m0/s1. The van der Waals surface area contributed by atoms with Gasteiger partial charge in [-0.25, -0.2) is 13.2 Å². The highest BCUT2D eigenvalue weighted by Gasteiger charge is 2.33. The number of sulfonamides is 1. The second-order valence-corrected chi connectivity index (χ2v) is 8.96. The molecule has 1 aromatic carbocycles. The van der Waals surface area contributed by atoms with E-state index in [1.165, 1.54) is 10.4 Å². The third-order valence-corrected chi connectivity index (χ3v) is 6.09. The zero-order chi connectivity index (χ0) is 21.1. The number of hydrogen-bond donors (Lipinski definition) is 2. The molecule has 2 N–H and O–H groups in total. The van der Waals surface area contributed by atoms with Gasteiger partial charge in [-0.3, -0.25) is 0 Å². The molecule has 1 saturated heterocycles. The van der Waals surface area contributed by atoms with E-state index in [0.29, 0.717) is 6.07 Å². The number of urea groups is 1. The van der Waals surface area contributed by atoms with E-state index >= 15 is 0 Å². The summed E-state index contributed by atoms with van der Waals surface area (Å²) < 4.78 is 70.0. The maximum Gasteiger partial charge on any atom is 0.417 e. The lowest BCUT2D eigenvalue weighted by Gasteiger charge is -2.34. The average Bonchev–Trinajstić information content (AvgIpc) is 2.54. The monoisotopic (exact) mass is 443 g/mol. The number of amides is 2. The van der Waals surface area contributed by atoms with Crippen LogP contribution in [0.1, 0.15) is 19.4 Å². The first-order chi connectivity index (χ1) is 12.9. The van der Waals surface area contributed by atoms with Crippen LogP contribution in [-0.4, -0.2) is 56.3 Å². The summed E-state index contributed by atoms with van der Waals surface area (Å²) in [6, 6.07) is 2.11. The molecule has 12 heteroatoms. The van der Waals surface area contributed by atoms with Gasteiger partial charge in [0.1, 0.15) is 0 Å². The van der Waals surface area contributed by atoms with E-state index in [9.17, 15) is 26.4 Å². The summed E-state index contributed by atoms with van der Waals surface area (Å²) in [4.78, 5) is 11.9. The van der Waals surface area contributed by atoms with Gasteiger partial charge in [-0.1, -0.05) is 11.6 Å². The number of carbonyl (C=O) groups excluding carboxylic acids is 1. The first-order valence-electron chi connectivity index (χ1n) is 8.43. The number of alkyl halides is 3. The zero-order valence-electron chi connectivity index (χ0n) is 15.2. The molecule has 0 saturated carbocycles. The molecular weight excluding hydrogens is 423 g/mol. The number of anilines is 1. The highest BCUT2D eigenvalue weighted by molar-refractivity contribution is 7.89. The maximum atomic E-state index is 12.8. The summed E-state index contributed by atoms with van der Waals surface area (Å²) in [5.41, 5.74) is -1.20. The quantitative estimate of drug-likeness (QED) is 0.732. The Hall–Kier alpha value is -1.56. The fourth-order valence-corrected chi connectivity index (χ4v) is 4.49. The molecule has 158 valence electrons. The normalized spacial score (nSPS) is 21.4. The van der Waals surface area contributed by atoms with Crippen molar-refractivity contribution in [2.45, 2.75) is 32.2 Å². The van der Waals surface area contributed by atoms with E-state index < -0.39 is 32.8 Å². The van der Waals surface area contributed by atoms with Crippen molar-refractivity contribution in [1.82, 2.24) is 9.62 Å². The van der Waals surface area contributed by atoms with Gasteiger partial charge in [-0.2, -0.15) is 17.5 Å². The van der Waals surface area contributed by atoms with Crippen LogP contribution in [0.4, 0.5) is 23.7 Å². The number of morpholine rings is 1. The molecule has 2 amide bonds. The molecule has 0 radical (unpaired) electrons. The van der Waals surface area contributed by atoms with E-state index in [4.69, 9.17) is 16.3 Å². The van der Waals surface area contributed by atoms with Crippen molar-refractivity contribution in [2.24, 2.45) is 0 Å². The minimum Gasteiger partial charge on any atom is -0.373 e. The maximum absolute atomic E-state index is 12.8. The van der Waals surface area contributed by atoms with Crippen LogP contribution in [0.5, 0.6) is 0 Å². The van der Waals surface area contributed by atoms with Crippen molar-refractivity contribution >= 4 is 33.3 Å². The van der Waals surface area contributed by atoms with Crippen LogP contribution in [0.2, 0.25) is 5.02 Å². The van der Waals surface area contributed by atoms with Crippen molar-refractivity contribution in [3.8, 4) is 0 Å². The Morgan fingerprint density at radius 1 is 1.29 bits per heavy atom. The zero-order valence-corrected chi connectivity index (χ0v) is 16.8. The molecule has 0 aliphatic carbocycles. The Kier molecular flexibility index (Phi) is 7.18. The molecule has 1 fully saturated rings. The number of nitrogens with one attached hydrogen (secondary N) is 2. The lowest BCUT2D eigenvalue weighted by Crippen LogP contribution is -2.49. The first kappa shape index (κ1) is 22.7. The predicted molar refractivity (Wildman–Crippen MR) is 98.8 cm³/mol. The van der Waals surface area contributed by atoms with E-state index in [1.54, 1.807) is 13.8 Å². The number of nitrogens with zero attached hydrogens (tertiary/aromatic N) is 1. The van der Waals surface area contributed by atoms with Crippen LogP contribution < -0.4 is 10.6 Å². The predicted octanol–water partition coefficient (Wildman–Crippen LogP) is 2.92. The molecule has 0 unspecified atom stereocenters. The lowest BCUT2D eigenvalue weighted by molar-refractivity contribution is -0.137. The summed E-state index contributed by atoms with van der Waals surface area (Å²) in [5, 5.41) is 4.06. The molecule has 28 heavy (non-hydrogen) atoms. The molecule has 0 spiro atoms. The summed E-state index contributed by atoms with van der Waals surface area (Å²) in [6.45, 7) is 3.79. The van der Waals surface area contributed by atoms with Gasteiger partial charge in [0.05, 0.1) is 28.5 Å². The Morgan fingerprint density at radius 3 is 2.46 bits per heavy atom. The Morgan fingerprint density at radius 2 is 1.89 bits per heavy atom. The Balaban J connectivity index is 1.89. The first-order valence-corrected chi connectivity index (χ1v) is 10.4. The molecule has 2 rings (SSSR count). The van der Waals surface area contributed by atoms with Crippen LogP contribution in [0, 0.1) is 0 Å². The molecule has 1 aromatic rings. The largest absolute Gasteiger partial charge is 0.417 e. The number of benzene rings is 1. The third kappa shape index (κ3) is 6.23. The van der Waals surface area contributed by atoms with E-state index in [1.807, 2.05) is 0 Å². The summed E-state index contributed by atoms with van der Waals surface area (Å²) in [6.07, 6.45) is -5.13. The number of rotatable bonds is 5. The van der Waals surface area contributed by atoms with E-state index in [-0.39, 0.29) is 43.3 Å². The van der Waals surface area contributed by atoms with Crippen molar-refractivity contribution in [3.63, 3.8) is 0 Å². The number of ether oxygens (including phenoxy) is 1. The number of hydrogen-bond acceptors (Lipinski definition) is 4. The van der Waals surface area contributed by atoms with Crippen molar-refractivity contribution < 1.29 is 31.1 Å². The van der Waals surface area contributed by atoms with Gasteiger partial charge in [0, 0.05) is 25.3 Å². The van der Waals surface area contributed by atoms with Crippen LogP contribution in [0.15, 0.2) is 18.2 Å². The smallest absolute Gasteiger partial charge is 0.373 e. The molecule has 0 aromatic heterocycles. The second-order valence-electron chi connectivity index (χ2n) is 6.46. The molecule has 1 aliphatic rings. The van der Waals surface area contributed by atoms with Crippen molar-refractivity contribution in [2.75, 3.05) is 30.7 Å². The fourth-order valence-electron chi connectivity index (χ4n) is 2.78. The molecule has 7 nitrogen and oxygen atoms in total. The molecule has 1 aliphatic heterocycles. The fraction of sp³-hybridized carbons (Fsp3) is 0.562. The summed E-state index contributed by atoms with van der Waals surface area (Å²) in [7, 11) is -3.60. The highest BCUT2D eigenvalue weighted by Crippen LogP contribution is 2.36. The van der Waals surface area contributed by atoms with Crippen LogP contribution in [0.25, 0.3) is 0 Å². The SMILES string of the molecule is C[C@H]1CN(S(=O)(=O)CCNC(=O)Nc2ccc(Cl)c(C(F)(F)F)c2)C[C@H](C)O1. The minimum atomic E-state index is -4.66. The van der Waals surface area contributed by atoms with Gasteiger partial charge in [-0.15, -0.1) is 0 Å². The number of carbonyl (C=O) groups is 1. The topological polar surface area (TPSA) is 87.7 Å². The summed E-state index contributed by atoms with van der Waals surface area (Å²) >= 11 is 5.52. The minimum absolute atomic E-state index is 0.118. The van der Waals surface area contributed by atoms with Gasteiger partial charge < -0.3 is 15.4 Å². The Bertz CT molecular complexity index is 810. The summed E-state index contributed by atoms with van der Waals surface area (Å²) in [5.74, 6) is -0.339. The van der Waals surface area contributed by atoms with Crippen LogP contribution >= 0.6 is 11.6 Å². The Labute approximate surface area is 166 Å². The third-order valence-electron chi connectivity index (χ3n) is 3.95. The van der Waals surface area contributed by atoms with Crippen LogP contribution in [0.3, 0.4) is 0 Å². The second kappa shape index (κ2) is 8.85. The van der Waals surface area contributed by atoms with E-state index in [2.05, 4.69) is 10.6 Å². The van der Waals surface area contributed by atoms with Crippen molar-refractivity contribution in [3.05, 3.63) is 28.8 Å². The number of halogens is 4. The highest BCUT2D eigenvalue weighted by atomic mass is 35.5. The average molecular weight is 444 g/mol. The van der Waals surface area contributed by atoms with Gasteiger partial charge in [-0.05, 0) is 32.0 Å². The van der Waals surface area contributed by atoms with Gasteiger partial charge in [0.25, 0.3) is 0 Å². The van der Waals surface area contributed by atoms with E-state index in [0.717, 1.165) is 6.07 Å². The van der Waals surface area contributed by atoms with Gasteiger partial charge in [0.2, 0.25) is 10.0 Å².